The summed E-state index contributed by atoms with van der Waals surface area (Å²) in [6, 6.07) is 14.4. The number of hydrogen-bond donors (Lipinski definition) is 1. The van der Waals surface area contributed by atoms with Gasteiger partial charge in [-0.2, -0.15) is 0 Å². The zero-order valence-electron chi connectivity index (χ0n) is 13.0. The fourth-order valence-corrected chi connectivity index (χ4v) is 2.22. The molecule has 6 heteroatoms. The Labute approximate surface area is 138 Å². The molecule has 24 heavy (non-hydrogen) atoms. The van der Waals surface area contributed by atoms with Crippen molar-refractivity contribution in [3.05, 3.63) is 71.7 Å². The Morgan fingerprint density at radius 1 is 1.08 bits per heavy atom. The van der Waals surface area contributed by atoms with Crippen LogP contribution >= 0.6 is 0 Å². The molecule has 0 spiro atoms. The van der Waals surface area contributed by atoms with E-state index in [1.165, 1.54) is 13.3 Å². The van der Waals surface area contributed by atoms with Crippen LogP contribution in [-0.4, -0.2) is 29.0 Å². The highest BCUT2D eigenvalue weighted by atomic mass is 16.5. The van der Waals surface area contributed by atoms with E-state index in [9.17, 15) is 9.59 Å². The molecular weight excluding hydrogens is 306 g/mol. The van der Waals surface area contributed by atoms with Gasteiger partial charge >= 0.3 is 5.97 Å². The highest BCUT2D eigenvalue weighted by Gasteiger charge is 2.09. The summed E-state index contributed by atoms with van der Waals surface area (Å²) in [5.74, 6) is -0.724. The molecule has 0 saturated heterocycles. The molecule has 0 aliphatic rings. The molecule has 3 aromatic rings. The van der Waals surface area contributed by atoms with E-state index in [0.29, 0.717) is 17.0 Å². The number of methoxy groups -OCH3 is 1. The van der Waals surface area contributed by atoms with Gasteiger partial charge in [0.05, 0.1) is 30.4 Å². The lowest BCUT2D eigenvalue weighted by atomic mass is 10.2. The predicted octanol–water partition coefficient (Wildman–Crippen LogP) is 2.35. The fourth-order valence-electron chi connectivity index (χ4n) is 2.22. The summed E-state index contributed by atoms with van der Waals surface area (Å²) in [5, 5.41) is 3.74. The second kappa shape index (κ2) is 6.87. The Hall–Kier alpha value is -3.28. The van der Waals surface area contributed by atoms with E-state index in [4.69, 9.17) is 0 Å². The molecule has 0 radical (unpaired) electrons. The molecule has 6 nitrogen and oxygen atoms in total. The highest BCUT2D eigenvalue weighted by molar-refractivity contribution is 5.94. The molecular formula is C18H15N3O3. The number of esters is 1. The van der Waals surface area contributed by atoms with Gasteiger partial charge in [-0.1, -0.05) is 24.3 Å². The van der Waals surface area contributed by atoms with Gasteiger partial charge in [0.25, 0.3) is 5.91 Å². The fraction of sp³-hybridized carbons (Fsp3) is 0.111. The first-order chi connectivity index (χ1) is 11.7. The number of rotatable bonds is 4. The third-order valence-electron chi connectivity index (χ3n) is 3.51. The maximum atomic E-state index is 12.2. The van der Waals surface area contributed by atoms with E-state index < -0.39 is 5.97 Å². The lowest BCUT2D eigenvalue weighted by molar-refractivity contribution is 0.0600. The molecule has 120 valence electrons. The zero-order valence-corrected chi connectivity index (χ0v) is 13.0. The summed E-state index contributed by atoms with van der Waals surface area (Å²) < 4.78 is 4.61. The summed E-state index contributed by atoms with van der Waals surface area (Å²) in [6.45, 7) is 0.245. The number of hydrogen-bond acceptors (Lipinski definition) is 5. The van der Waals surface area contributed by atoms with Gasteiger partial charge in [-0.15, -0.1) is 0 Å². The monoisotopic (exact) mass is 321 g/mol. The normalized spacial score (nSPS) is 10.4. The van der Waals surface area contributed by atoms with E-state index in [1.807, 2.05) is 30.3 Å². The summed E-state index contributed by atoms with van der Waals surface area (Å²) in [5.41, 5.74) is 2.12. The van der Waals surface area contributed by atoms with Gasteiger partial charge < -0.3 is 10.1 Å². The minimum Gasteiger partial charge on any atom is -0.465 e. The summed E-state index contributed by atoms with van der Waals surface area (Å²) in [6.07, 6.45) is 1.42. The topological polar surface area (TPSA) is 81.2 Å². The Morgan fingerprint density at radius 2 is 1.92 bits per heavy atom. The van der Waals surface area contributed by atoms with Crippen LogP contribution < -0.4 is 5.32 Å². The van der Waals surface area contributed by atoms with Crippen LogP contribution in [0, 0.1) is 0 Å². The second-order valence-corrected chi connectivity index (χ2v) is 5.10. The maximum absolute atomic E-state index is 12.2. The van der Waals surface area contributed by atoms with E-state index >= 15 is 0 Å². The van der Waals surface area contributed by atoms with Crippen molar-refractivity contribution in [2.24, 2.45) is 0 Å². The first kappa shape index (κ1) is 15.6. The lowest BCUT2D eigenvalue weighted by Gasteiger charge is -2.06. The number of aromatic nitrogens is 2. The van der Waals surface area contributed by atoms with Gasteiger partial charge in [0, 0.05) is 11.6 Å². The van der Waals surface area contributed by atoms with Crippen LogP contribution in [0.2, 0.25) is 0 Å². The molecule has 2 heterocycles. The SMILES string of the molecule is COC(=O)c1ccc(CNC(=O)c2ccc3ccccc3n2)nc1. The van der Waals surface area contributed by atoms with Gasteiger partial charge in [-0.05, 0) is 24.3 Å². The van der Waals surface area contributed by atoms with Crippen molar-refractivity contribution < 1.29 is 14.3 Å². The molecule has 2 aromatic heterocycles. The summed E-state index contributed by atoms with van der Waals surface area (Å²) in [7, 11) is 1.31. The Bertz CT molecular complexity index is 891. The standard InChI is InChI=1S/C18H15N3O3/c1-24-18(23)13-6-8-14(19-10-13)11-20-17(22)16-9-7-12-4-2-3-5-15(12)21-16/h2-10H,11H2,1H3,(H,20,22). The number of para-hydroxylation sites is 1. The van der Waals surface area contributed by atoms with Crippen LogP contribution in [0.25, 0.3) is 10.9 Å². The first-order valence-corrected chi connectivity index (χ1v) is 7.34. The van der Waals surface area contributed by atoms with Crippen LogP contribution in [0.1, 0.15) is 26.5 Å². The van der Waals surface area contributed by atoms with Crippen LogP contribution in [0.3, 0.4) is 0 Å². The number of nitrogens with zero attached hydrogens (tertiary/aromatic N) is 2. The number of carbonyl (C=O) groups excluding carboxylic acids is 2. The first-order valence-electron chi connectivity index (χ1n) is 7.34. The van der Waals surface area contributed by atoms with Crippen molar-refractivity contribution in [3.63, 3.8) is 0 Å². The predicted molar refractivity (Wildman–Crippen MR) is 88.5 cm³/mol. The van der Waals surface area contributed by atoms with Gasteiger partial charge in [-0.25, -0.2) is 9.78 Å². The smallest absolute Gasteiger partial charge is 0.339 e. The number of fused-ring (bicyclic) bond motifs is 1. The van der Waals surface area contributed by atoms with Crippen LogP contribution in [0.15, 0.2) is 54.7 Å². The van der Waals surface area contributed by atoms with Crippen molar-refractivity contribution in [1.29, 1.82) is 0 Å². The molecule has 0 aliphatic carbocycles. The third-order valence-corrected chi connectivity index (χ3v) is 3.51. The van der Waals surface area contributed by atoms with Gasteiger partial charge in [0.15, 0.2) is 0 Å². The van der Waals surface area contributed by atoms with Gasteiger partial charge in [-0.3, -0.25) is 9.78 Å². The van der Waals surface area contributed by atoms with Crippen molar-refractivity contribution in [1.82, 2.24) is 15.3 Å². The van der Waals surface area contributed by atoms with E-state index in [2.05, 4.69) is 20.0 Å². The molecule has 1 aromatic carbocycles. The number of nitrogens with one attached hydrogen (secondary N) is 1. The van der Waals surface area contributed by atoms with Gasteiger partial charge in [0.1, 0.15) is 5.69 Å². The Morgan fingerprint density at radius 3 is 2.67 bits per heavy atom. The van der Waals surface area contributed by atoms with Crippen LogP contribution in [0.4, 0.5) is 0 Å². The lowest BCUT2D eigenvalue weighted by Crippen LogP contribution is -2.24. The number of benzene rings is 1. The molecule has 0 saturated carbocycles. The highest BCUT2D eigenvalue weighted by Crippen LogP contribution is 2.11. The largest absolute Gasteiger partial charge is 0.465 e. The van der Waals surface area contributed by atoms with Crippen molar-refractivity contribution in [2.75, 3.05) is 7.11 Å². The molecule has 0 aliphatic heterocycles. The molecule has 0 bridgehead atoms. The molecule has 0 unspecified atom stereocenters. The summed E-state index contributed by atoms with van der Waals surface area (Å²) >= 11 is 0. The average molecular weight is 321 g/mol. The van der Waals surface area contributed by atoms with Crippen LogP contribution in [0.5, 0.6) is 0 Å². The minimum atomic E-state index is -0.446. The number of ether oxygens (including phenoxy) is 1. The van der Waals surface area contributed by atoms with Crippen molar-refractivity contribution in [3.8, 4) is 0 Å². The average Bonchev–Trinajstić information content (AvgIpc) is 2.65. The van der Waals surface area contributed by atoms with Crippen molar-refractivity contribution >= 4 is 22.8 Å². The van der Waals surface area contributed by atoms with E-state index in [1.54, 1.807) is 18.2 Å². The zero-order chi connectivity index (χ0) is 16.9. The molecule has 0 fully saturated rings. The number of pyridine rings is 2. The molecule has 3 rings (SSSR count). The molecule has 1 N–H and O–H groups in total. The number of carbonyl (C=O) groups is 2. The quantitative estimate of drug-likeness (QED) is 0.746. The van der Waals surface area contributed by atoms with Crippen molar-refractivity contribution in [2.45, 2.75) is 6.54 Å². The summed E-state index contributed by atoms with van der Waals surface area (Å²) in [4.78, 5) is 32.0. The van der Waals surface area contributed by atoms with Crippen LogP contribution in [-0.2, 0) is 11.3 Å². The van der Waals surface area contributed by atoms with Gasteiger partial charge in [0.2, 0.25) is 0 Å². The Kier molecular flexibility index (Phi) is 4.47. The Balaban J connectivity index is 1.67. The third kappa shape index (κ3) is 3.38. The minimum absolute atomic E-state index is 0.245. The molecule has 1 amide bonds. The molecule has 0 atom stereocenters. The van der Waals surface area contributed by atoms with E-state index in [0.717, 1.165) is 10.9 Å². The second-order valence-electron chi connectivity index (χ2n) is 5.10. The number of amides is 1. The maximum Gasteiger partial charge on any atom is 0.339 e. The van der Waals surface area contributed by atoms with E-state index in [-0.39, 0.29) is 12.5 Å².